The quantitative estimate of drug-likeness (QED) is 0.508. The van der Waals surface area contributed by atoms with Crippen molar-refractivity contribution in [3.05, 3.63) is 76.8 Å². The molecule has 0 fully saturated rings. The predicted octanol–water partition coefficient (Wildman–Crippen LogP) is 4.75. The summed E-state index contributed by atoms with van der Waals surface area (Å²) in [5, 5.41) is 1.95. The summed E-state index contributed by atoms with van der Waals surface area (Å²) in [5.41, 5.74) is 0.948. The van der Waals surface area contributed by atoms with Gasteiger partial charge < -0.3 is 4.74 Å². The molecule has 3 rings (SSSR count). The maximum atomic E-state index is 12.1. The highest BCUT2D eigenvalue weighted by Crippen LogP contribution is 2.31. The van der Waals surface area contributed by atoms with Gasteiger partial charge in [0.1, 0.15) is 5.75 Å². The van der Waals surface area contributed by atoms with Gasteiger partial charge in [0.25, 0.3) is 0 Å². The van der Waals surface area contributed by atoms with Crippen molar-refractivity contribution in [3.63, 3.8) is 0 Å². The van der Waals surface area contributed by atoms with Gasteiger partial charge in [0.05, 0.1) is 6.42 Å². The topological polar surface area (TPSA) is 26.3 Å². The summed E-state index contributed by atoms with van der Waals surface area (Å²) >= 11 is 3.51. The van der Waals surface area contributed by atoms with Crippen LogP contribution in [0.3, 0.4) is 0 Å². The lowest BCUT2D eigenvalue weighted by molar-refractivity contribution is -0.133. The lowest BCUT2D eigenvalue weighted by atomic mass is 10.1. The van der Waals surface area contributed by atoms with Crippen LogP contribution in [0.25, 0.3) is 10.8 Å². The van der Waals surface area contributed by atoms with Crippen LogP contribution < -0.4 is 4.74 Å². The standard InChI is InChI=1S/C18H13BrO2/c19-16-10-11-17(15-9-5-4-8-14(15)16)21-18(20)12-13-6-2-1-3-7-13/h1-11H,12H2. The van der Waals surface area contributed by atoms with Crippen molar-refractivity contribution < 1.29 is 9.53 Å². The summed E-state index contributed by atoms with van der Waals surface area (Å²) in [6.07, 6.45) is 0.269. The van der Waals surface area contributed by atoms with Crippen molar-refractivity contribution >= 4 is 32.7 Å². The highest BCUT2D eigenvalue weighted by molar-refractivity contribution is 9.10. The molecule has 0 aliphatic heterocycles. The average Bonchev–Trinajstić information content (AvgIpc) is 2.51. The molecule has 0 unspecified atom stereocenters. The molecule has 0 bridgehead atoms. The second-order valence-corrected chi connectivity index (χ2v) is 5.58. The number of esters is 1. The van der Waals surface area contributed by atoms with Crippen LogP contribution in [0, 0.1) is 0 Å². The van der Waals surface area contributed by atoms with Crippen LogP contribution in [-0.2, 0) is 11.2 Å². The first kappa shape index (κ1) is 13.8. The van der Waals surface area contributed by atoms with Crippen molar-refractivity contribution in [3.8, 4) is 5.75 Å². The molecule has 0 radical (unpaired) electrons. The molecule has 0 saturated heterocycles. The van der Waals surface area contributed by atoms with E-state index in [1.54, 1.807) is 0 Å². The van der Waals surface area contributed by atoms with Crippen LogP contribution in [0.15, 0.2) is 71.2 Å². The van der Waals surface area contributed by atoms with E-state index < -0.39 is 0 Å². The van der Waals surface area contributed by atoms with E-state index in [1.807, 2.05) is 66.7 Å². The van der Waals surface area contributed by atoms with Gasteiger partial charge in [0.2, 0.25) is 0 Å². The second kappa shape index (κ2) is 6.10. The zero-order valence-electron chi connectivity index (χ0n) is 11.3. The molecule has 3 aromatic rings. The Balaban J connectivity index is 1.85. The highest BCUT2D eigenvalue weighted by Gasteiger charge is 2.10. The molecule has 3 heteroatoms. The summed E-state index contributed by atoms with van der Waals surface area (Å²) < 4.78 is 6.51. The molecule has 0 atom stereocenters. The molecule has 0 N–H and O–H groups in total. The molecule has 0 aliphatic rings. The van der Waals surface area contributed by atoms with E-state index in [9.17, 15) is 4.79 Å². The van der Waals surface area contributed by atoms with E-state index in [2.05, 4.69) is 15.9 Å². The van der Waals surface area contributed by atoms with E-state index in [-0.39, 0.29) is 12.4 Å². The molecular formula is C18H13BrO2. The van der Waals surface area contributed by atoms with Gasteiger partial charge in [-0.1, -0.05) is 70.5 Å². The summed E-state index contributed by atoms with van der Waals surface area (Å²) in [6.45, 7) is 0. The Kier molecular flexibility index (Phi) is 4.02. The maximum Gasteiger partial charge on any atom is 0.315 e. The number of fused-ring (bicyclic) bond motifs is 1. The highest BCUT2D eigenvalue weighted by atomic mass is 79.9. The molecule has 104 valence electrons. The van der Waals surface area contributed by atoms with Crippen LogP contribution >= 0.6 is 15.9 Å². The summed E-state index contributed by atoms with van der Waals surface area (Å²) in [5.74, 6) is 0.336. The molecule has 0 heterocycles. The zero-order chi connectivity index (χ0) is 14.7. The van der Waals surface area contributed by atoms with Crippen LogP contribution in [-0.4, -0.2) is 5.97 Å². The van der Waals surface area contributed by atoms with Crippen LogP contribution in [0.1, 0.15) is 5.56 Å². The number of hydrogen-bond acceptors (Lipinski definition) is 2. The maximum absolute atomic E-state index is 12.1. The van der Waals surface area contributed by atoms with Crippen LogP contribution in [0.2, 0.25) is 0 Å². The monoisotopic (exact) mass is 340 g/mol. The van der Waals surface area contributed by atoms with E-state index in [1.165, 1.54) is 0 Å². The van der Waals surface area contributed by atoms with E-state index in [4.69, 9.17) is 4.74 Å². The minimum Gasteiger partial charge on any atom is -0.426 e. The number of benzene rings is 3. The third kappa shape index (κ3) is 3.14. The van der Waals surface area contributed by atoms with E-state index >= 15 is 0 Å². The first-order valence-electron chi connectivity index (χ1n) is 6.66. The number of rotatable bonds is 3. The third-order valence-corrected chi connectivity index (χ3v) is 3.94. The van der Waals surface area contributed by atoms with Crippen molar-refractivity contribution in [2.24, 2.45) is 0 Å². The minimum absolute atomic E-state index is 0.256. The molecule has 3 aromatic carbocycles. The van der Waals surface area contributed by atoms with Gasteiger partial charge in [0.15, 0.2) is 0 Å². The van der Waals surface area contributed by atoms with Gasteiger partial charge >= 0.3 is 5.97 Å². The Morgan fingerprint density at radius 2 is 1.52 bits per heavy atom. The average molecular weight is 341 g/mol. The predicted molar refractivity (Wildman–Crippen MR) is 87.4 cm³/mol. The molecular weight excluding hydrogens is 328 g/mol. The Labute approximate surface area is 131 Å². The smallest absolute Gasteiger partial charge is 0.315 e. The molecule has 0 aromatic heterocycles. The van der Waals surface area contributed by atoms with Crippen LogP contribution in [0.4, 0.5) is 0 Å². The van der Waals surface area contributed by atoms with Gasteiger partial charge in [-0.2, -0.15) is 0 Å². The number of carbonyl (C=O) groups excluding carboxylic acids is 1. The fourth-order valence-corrected chi connectivity index (χ4v) is 2.72. The Morgan fingerprint density at radius 1 is 0.857 bits per heavy atom. The summed E-state index contributed by atoms with van der Waals surface area (Å²) in [4.78, 5) is 12.1. The largest absolute Gasteiger partial charge is 0.426 e. The number of halogens is 1. The normalized spacial score (nSPS) is 10.5. The van der Waals surface area contributed by atoms with Crippen molar-refractivity contribution in [1.82, 2.24) is 0 Å². The summed E-state index contributed by atoms with van der Waals surface area (Å²) in [6, 6.07) is 21.1. The van der Waals surface area contributed by atoms with Crippen molar-refractivity contribution in [2.75, 3.05) is 0 Å². The van der Waals surface area contributed by atoms with Crippen LogP contribution in [0.5, 0.6) is 5.75 Å². The zero-order valence-corrected chi connectivity index (χ0v) is 12.8. The molecule has 0 saturated carbocycles. The van der Waals surface area contributed by atoms with E-state index in [0.717, 1.165) is 20.8 Å². The Hall–Kier alpha value is -2.13. The second-order valence-electron chi connectivity index (χ2n) is 4.73. The van der Waals surface area contributed by atoms with E-state index in [0.29, 0.717) is 5.75 Å². The lowest BCUT2D eigenvalue weighted by Crippen LogP contribution is -2.11. The number of ether oxygens (including phenoxy) is 1. The molecule has 21 heavy (non-hydrogen) atoms. The van der Waals surface area contributed by atoms with Crippen molar-refractivity contribution in [1.29, 1.82) is 0 Å². The Bertz CT molecular complexity index is 782. The van der Waals surface area contributed by atoms with Crippen molar-refractivity contribution in [2.45, 2.75) is 6.42 Å². The first-order chi connectivity index (χ1) is 10.2. The van der Waals surface area contributed by atoms with Gasteiger partial charge in [-0.15, -0.1) is 0 Å². The molecule has 2 nitrogen and oxygen atoms in total. The lowest BCUT2D eigenvalue weighted by Gasteiger charge is -2.09. The molecule has 0 spiro atoms. The minimum atomic E-state index is -0.256. The first-order valence-corrected chi connectivity index (χ1v) is 7.45. The van der Waals surface area contributed by atoms with Gasteiger partial charge in [0, 0.05) is 9.86 Å². The summed E-state index contributed by atoms with van der Waals surface area (Å²) in [7, 11) is 0. The number of carbonyl (C=O) groups is 1. The Morgan fingerprint density at radius 3 is 2.29 bits per heavy atom. The molecule has 0 aliphatic carbocycles. The molecule has 0 amide bonds. The van der Waals surface area contributed by atoms with Gasteiger partial charge in [-0.3, -0.25) is 4.79 Å². The SMILES string of the molecule is O=C(Cc1ccccc1)Oc1ccc(Br)c2ccccc12. The fourth-order valence-electron chi connectivity index (χ4n) is 2.24. The fraction of sp³-hybridized carbons (Fsp3) is 0.0556. The third-order valence-electron chi connectivity index (χ3n) is 3.25. The number of hydrogen-bond donors (Lipinski definition) is 0. The van der Waals surface area contributed by atoms with Gasteiger partial charge in [-0.05, 0) is 23.1 Å². The van der Waals surface area contributed by atoms with Gasteiger partial charge in [-0.25, -0.2) is 0 Å².